The van der Waals surface area contributed by atoms with Gasteiger partial charge >= 0.3 is 0 Å². The first kappa shape index (κ1) is 12.0. The fraction of sp³-hybridized carbons (Fsp3) is 1.00. The van der Waals surface area contributed by atoms with Crippen molar-refractivity contribution in [3.05, 3.63) is 0 Å². The van der Waals surface area contributed by atoms with Crippen LogP contribution in [0.5, 0.6) is 0 Å². The molecule has 3 fully saturated rings. The van der Waals surface area contributed by atoms with Crippen LogP contribution in [0.1, 0.15) is 46.5 Å². The van der Waals surface area contributed by atoms with Crippen LogP contribution in [0.15, 0.2) is 0 Å². The SMILES string of the molecule is C[C@@H]1CC[C@H](O)[C@]2(CO)CCC3C(C12)C3(C)C. The zero-order valence-corrected chi connectivity index (χ0v) is 11.3. The Labute approximate surface area is 104 Å². The lowest BCUT2D eigenvalue weighted by atomic mass is 9.54. The Balaban J connectivity index is 1.97. The van der Waals surface area contributed by atoms with Gasteiger partial charge in [-0.25, -0.2) is 0 Å². The summed E-state index contributed by atoms with van der Waals surface area (Å²) in [6, 6.07) is 0. The Morgan fingerprint density at radius 3 is 2.47 bits per heavy atom. The van der Waals surface area contributed by atoms with Crippen LogP contribution in [0, 0.1) is 34.5 Å². The molecule has 0 aliphatic heterocycles. The molecule has 98 valence electrons. The van der Waals surface area contributed by atoms with Gasteiger partial charge in [-0.3, -0.25) is 0 Å². The molecule has 0 bridgehead atoms. The molecule has 2 N–H and O–H groups in total. The lowest BCUT2D eigenvalue weighted by molar-refractivity contribution is -0.132. The van der Waals surface area contributed by atoms with Crippen LogP contribution in [-0.4, -0.2) is 22.9 Å². The van der Waals surface area contributed by atoms with Gasteiger partial charge in [0.05, 0.1) is 12.7 Å². The van der Waals surface area contributed by atoms with Gasteiger partial charge in [-0.1, -0.05) is 20.8 Å². The van der Waals surface area contributed by atoms with Crippen molar-refractivity contribution in [2.24, 2.45) is 34.5 Å². The zero-order chi connectivity index (χ0) is 12.4. The molecule has 0 aromatic heterocycles. The average Bonchev–Trinajstić information content (AvgIpc) is 2.86. The quantitative estimate of drug-likeness (QED) is 0.736. The molecule has 2 nitrogen and oxygen atoms in total. The van der Waals surface area contributed by atoms with Gasteiger partial charge in [0, 0.05) is 5.41 Å². The molecular weight excluding hydrogens is 212 g/mol. The zero-order valence-electron chi connectivity index (χ0n) is 11.3. The van der Waals surface area contributed by atoms with Gasteiger partial charge in [0.15, 0.2) is 0 Å². The summed E-state index contributed by atoms with van der Waals surface area (Å²) in [6.45, 7) is 7.27. The molecule has 3 unspecified atom stereocenters. The number of fused-ring (bicyclic) bond motifs is 3. The first-order valence-corrected chi connectivity index (χ1v) is 7.24. The predicted molar refractivity (Wildman–Crippen MR) is 67.4 cm³/mol. The van der Waals surface area contributed by atoms with Crippen LogP contribution in [0.4, 0.5) is 0 Å². The lowest BCUT2D eigenvalue weighted by Crippen LogP contribution is -2.53. The van der Waals surface area contributed by atoms with Gasteiger partial charge in [0.1, 0.15) is 0 Å². The molecule has 2 heteroatoms. The molecule has 3 aliphatic rings. The van der Waals surface area contributed by atoms with Crippen molar-refractivity contribution >= 4 is 0 Å². The first-order chi connectivity index (χ1) is 7.95. The number of hydrogen-bond acceptors (Lipinski definition) is 2. The third-order valence-corrected chi connectivity index (χ3v) is 6.58. The van der Waals surface area contributed by atoms with Gasteiger partial charge in [-0.05, 0) is 54.8 Å². The summed E-state index contributed by atoms with van der Waals surface area (Å²) in [5, 5.41) is 20.3. The standard InChI is InChI=1S/C15H26O2/c1-9-4-5-11(17)15(8-16)7-6-10-13(12(9)15)14(10,2)3/h9-13,16-17H,4-8H2,1-3H3/t9-,10?,11+,12?,13?,15-/m1/s1. The van der Waals surface area contributed by atoms with Crippen molar-refractivity contribution in [1.82, 2.24) is 0 Å². The van der Waals surface area contributed by atoms with Crippen LogP contribution in [0.3, 0.4) is 0 Å². The van der Waals surface area contributed by atoms with Gasteiger partial charge in [0.2, 0.25) is 0 Å². The Bertz CT molecular complexity index is 325. The monoisotopic (exact) mass is 238 g/mol. The fourth-order valence-corrected chi connectivity index (χ4v) is 5.49. The Hall–Kier alpha value is -0.0800. The molecule has 0 aromatic carbocycles. The topological polar surface area (TPSA) is 40.5 Å². The highest BCUT2D eigenvalue weighted by Crippen LogP contribution is 2.73. The van der Waals surface area contributed by atoms with Crippen LogP contribution < -0.4 is 0 Å². The molecular formula is C15H26O2. The van der Waals surface area contributed by atoms with Crippen molar-refractivity contribution in [1.29, 1.82) is 0 Å². The Kier molecular flexibility index (Phi) is 2.45. The summed E-state index contributed by atoms with van der Waals surface area (Å²) in [5.74, 6) is 2.80. The molecule has 3 aliphatic carbocycles. The van der Waals surface area contributed by atoms with E-state index in [1.807, 2.05) is 0 Å². The summed E-state index contributed by atoms with van der Waals surface area (Å²) in [7, 11) is 0. The summed E-state index contributed by atoms with van der Waals surface area (Å²) in [4.78, 5) is 0. The van der Waals surface area contributed by atoms with Crippen molar-refractivity contribution in [3.8, 4) is 0 Å². The maximum atomic E-state index is 10.4. The second-order valence-electron chi connectivity index (χ2n) is 7.48. The molecule has 17 heavy (non-hydrogen) atoms. The molecule has 0 amide bonds. The number of aliphatic hydroxyl groups excluding tert-OH is 2. The third-order valence-electron chi connectivity index (χ3n) is 6.58. The molecule has 3 rings (SSSR count). The lowest BCUT2D eigenvalue weighted by Gasteiger charge is -2.52. The average molecular weight is 238 g/mol. The van der Waals surface area contributed by atoms with Crippen LogP contribution in [0.25, 0.3) is 0 Å². The Morgan fingerprint density at radius 2 is 1.82 bits per heavy atom. The van der Waals surface area contributed by atoms with E-state index in [9.17, 15) is 10.2 Å². The van der Waals surface area contributed by atoms with Crippen molar-refractivity contribution in [3.63, 3.8) is 0 Å². The number of aliphatic hydroxyl groups is 2. The van der Waals surface area contributed by atoms with E-state index < -0.39 is 0 Å². The minimum atomic E-state index is -0.272. The summed E-state index contributed by atoms with van der Waals surface area (Å²) in [5.41, 5.74) is 0.277. The van der Waals surface area contributed by atoms with Crippen molar-refractivity contribution in [2.75, 3.05) is 6.61 Å². The minimum absolute atomic E-state index is 0.174. The van der Waals surface area contributed by atoms with E-state index in [1.165, 1.54) is 6.42 Å². The maximum Gasteiger partial charge on any atom is 0.0621 e. The highest BCUT2D eigenvalue weighted by atomic mass is 16.3. The van der Waals surface area contributed by atoms with Crippen molar-refractivity contribution < 1.29 is 10.2 Å². The maximum absolute atomic E-state index is 10.4. The first-order valence-electron chi connectivity index (χ1n) is 7.24. The number of hydrogen-bond donors (Lipinski definition) is 2. The molecule has 0 radical (unpaired) electrons. The van der Waals surface area contributed by atoms with Crippen LogP contribution in [0.2, 0.25) is 0 Å². The second-order valence-corrected chi connectivity index (χ2v) is 7.48. The molecule has 0 saturated heterocycles. The number of rotatable bonds is 1. The highest BCUT2D eigenvalue weighted by molar-refractivity contribution is 5.17. The van der Waals surface area contributed by atoms with E-state index in [2.05, 4.69) is 20.8 Å². The van der Waals surface area contributed by atoms with Gasteiger partial charge in [-0.2, -0.15) is 0 Å². The largest absolute Gasteiger partial charge is 0.396 e. The highest BCUT2D eigenvalue weighted by Gasteiger charge is 2.69. The van der Waals surface area contributed by atoms with E-state index >= 15 is 0 Å². The smallest absolute Gasteiger partial charge is 0.0621 e. The molecule has 0 aromatic rings. The summed E-state index contributed by atoms with van der Waals surface area (Å²) >= 11 is 0. The van der Waals surface area contributed by atoms with Gasteiger partial charge in [0.25, 0.3) is 0 Å². The Morgan fingerprint density at radius 1 is 1.12 bits per heavy atom. The summed E-state index contributed by atoms with van der Waals surface area (Å²) < 4.78 is 0. The van der Waals surface area contributed by atoms with Gasteiger partial charge in [-0.15, -0.1) is 0 Å². The fourth-order valence-electron chi connectivity index (χ4n) is 5.49. The predicted octanol–water partition coefficient (Wildman–Crippen LogP) is 2.44. The van der Waals surface area contributed by atoms with Crippen LogP contribution >= 0.6 is 0 Å². The van der Waals surface area contributed by atoms with Crippen LogP contribution in [-0.2, 0) is 0 Å². The normalized spacial score (nSPS) is 55.9. The third kappa shape index (κ3) is 1.34. The minimum Gasteiger partial charge on any atom is -0.396 e. The summed E-state index contributed by atoms with van der Waals surface area (Å²) in [6.07, 6.45) is 3.98. The van der Waals surface area contributed by atoms with E-state index in [4.69, 9.17) is 0 Å². The molecule has 6 atom stereocenters. The molecule has 0 spiro atoms. The van der Waals surface area contributed by atoms with Gasteiger partial charge < -0.3 is 10.2 Å². The second kappa shape index (κ2) is 3.48. The molecule has 0 heterocycles. The van der Waals surface area contributed by atoms with E-state index in [1.54, 1.807) is 0 Å². The van der Waals surface area contributed by atoms with E-state index in [-0.39, 0.29) is 18.1 Å². The van der Waals surface area contributed by atoms with E-state index in [0.717, 1.165) is 31.1 Å². The van der Waals surface area contributed by atoms with E-state index in [0.29, 0.717) is 17.3 Å². The molecule has 3 saturated carbocycles. The van der Waals surface area contributed by atoms with Crippen molar-refractivity contribution in [2.45, 2.75) is 52.6 Å².